The molecule has 4 nitrogen and oxygen atoms in total. The number of thiazole rings is 1. The number of methoxy groups -OCH3 is 1. The van der Waals surface area contributed by atoms with E-state index in [9.17, 15) is 4.79 Å². The highest BCUT2D eigenvalue weighted by Crippen LogP contribution is 2.38. The summed E-state index contributed by atoms with van der Waals surface area (Å²) in [6, 6.07) is 0. The first-order valence-corrected chi connectivity index (χ1v) is 7.86. The largest absolute Gasteiger partial charge is 0.465 e. The molecule has 2 aliphatic rings. The second kappa shape index (κ2) is 5.29. The van der Waals surface area contributed by atoms with Crippen LogP contribution in [0, 0.1) is 11.8 Å². The molecule has 3 rings (SSSR count). The predicted molar refractivity (Wildman–Crippen MR) is 76.1 cm³/mol. The van der Waals surface area contributed by atoms with E-state index < -0.39 is 5.97 Å². The predicted octanol–water partition coefficient (Wildman–Crippen LogP) is 3.21. The van der Waals surface area contributed by atoms with Gasteiger partial charge in [0.1, 0.15) is 0 Å². The van der Waals surface area contributed by atoms with Crippen molar-refractivity contribution in [2.75, 3.05) is 25.1 Å². The lowest BCUT2D eigenvalue weighted by Crippen LogP contribution is -2.27. The summed E-state index contributed by atoms with van der Waals surface area (Å²) in [5.41, 5.74) is 0. The van der Waals surface area contributed by atoms with Crippen molar-refractivity contribution in [3.05, 3.63) is 10.0 Å². The molecule has 0 amide bonds. The van der Waals surface area contributed by atoms with Crippen LogP contribution in [0.3, 0.4) is 0 Å². The summed E-state index contributed by atoms with van der Waals surface area (Å²) in [5.74, 6) is 1.19. The average Bonchev–Trinajstić information content (AvgIpc) is 3.30. The molecule has 1 heterocycles. The van der Waals surface area contributed by atoms with E-state index in [1.807, 2.05) is 0 Å². The van der Waals surface area contributed by atoms with Crippen LogP contribution >= 0.6 is 22.9 Å². The van der Waals surface area contributed by atoms with Gasteiger partial charge in [-0.05, 0) is 37.5 Å². The molecule has 0 atom stereocenters. The van der Waals surface area contributed by atoms with Gasteiger partial charge in [0.05, 0.1) is 7.11 Å². The lowest BCUT2D eigenvalue weighted by molar-refractivity contribution is 0.0606. The molecule has 2 fully saturated rings. The van der Waals surface area contributed by atoms with Gasteiger partial charge in [0.25, 0.3) is 0 Å². The van der Waals surface area contributed by atoms with E-state index in [1.165, 1.54) is 44.1 Å². The van der Waals surface area contributed by atoms with Gasteiger partial charge in [0.15, 0.2) is 15.2 Å². The van der Waals surface area contributed by atoms with Crippen molar-refractivity contribution in [2.24, 2.45) is 11.8 Å². The highest BCUT2D eigenvalue weighted by atomic mass is 35.5. The number of carbonyl (C=O) groups excluding carboxylic acids is 1. The van der Waals surface area contributed by atoms with Gasteiger partial charge < -0.3 is 9.64 Å². The lowest BCUT2D eigenvalue weighted by atomic mass is 10.3. The Balaban J connectivity index is 1.77. The number of hydrogen-bond acceptors (Lipinski definition) is 5. The Morgan fingerprint density at radius 1 is 1.37 bits per heavy atom. The Morgan fingerprint density at radius 2 is 1.95 bits per heavy atom. The third-order valence-corrected chi connectivity index (χ3v) is 5.05. The van der Waals surface area contributed by atoms with Gasteiger partial charge in [-0.2, -0.15) is 0 Å². The van der Waals surface area contributed by atoms with E-state index in [4.69, 9.17) is 16.3 Å². The Labute approximate surface area is 121 Å². The zero-order chi connectivity index (χ0) is 13.4. The summed E-state index contributed by atoms with van der Waals surface area (Å²) in [6.07, 6.45) is 5.24. The fourth-order valence-corrected chi connectivity index (χ4v) is 3.32. The molecule has 0 unspecified atom stereocenters. The molecule has 19 heavy (non-hydrogen) atoms. The number of halogens is 1. The van der Waals surface area contributed by atoms with Crippen LogP contribution in [0.25, 0.3) is 0 Å². The van der Waals surface area contributed by atoms with E-state index in [0.717, 1.165) is 30.1 Å². The molecule has 0 radical (unpaired) electrons. The molecule has 0 saturated heterocycles. The van der Waals surface area contributed by atoms with Gasteiger partial charge in [-0.3, -0.25) is 0 Å². The molecular weight excluding hydrogens is 284 g/mol. The molecule has 104 valence electrons. The van der Waals surface area contributed by atoms with Crippen LogP contribution in [-0.2, 0) is 4.74 Å². The molecule has 0 bridgehead atoms. The van der Waals surface area contributed by atoms with Crippen LogP contribution < -0.4 is 4.90 Å². The Hall–Kier alpha value is -0.810. The second-order valence-electron chi connectivity index (χ2n) is 5.40. The normalized spacial score (nSPS) is 18.4. The molecule has 0 spiro atoms. The molecule has 2 saturated carbocycles. The van der Waals surface area contributed by atoms with Crippen LogP contribution in [0.2, 0.25) is 5.15 Å². The summed E-state index contributed by atoms with van der Waals surface area (Å²) in [4.78, 5) is 18.7. The number of carbonyl (C=O) groups is 1. The smallest absolute Gasteiger partial charge is 0.351 e. The Kier molecular flexibility index (Phi) is 3.67. The average molecular weight is 301 g/mol. The first-order valence-electron chi connectivity index (χ1n) is 6.67. The van der Waals surface area contributed by atoms with Crippen LogP contribution in [0.1, 0.15) is 35.4 Å². The third kappa shape index (κ3) is 3.20. The maximum absolute atomic E-state index is 11.6. The minimum absolute atomic E-state index is 0.267. The van der Waals surface area contributed by atoms with Crippen LogP contribution in [0.5, 0.6) is 0 Å². The number of anilines is 1. The van der Waals surface area contributed by atoms with Crippen LogP contribution in [0.15, 0.2) is 0 Å². The Morgan fingerprint density at radius 3 is 2.42 bits per heavy atom. The summed E-state index contributed by atoms with van der Waals surface area (Å²) >= 11 is 7.39. The van der Waals surface area contributed by atoms with Crippen molar-refractivity contribution < 1.29 is 9.53 Å². The SMILES string of the molecule is COC(=O)c1sc(N(CC2CC2)CC2CC2)nc1Cl. The molecule has 1 aromatic rings. The molecule has 0 aliphatic heterocycles. The van der Waals surface area contributed by atoms with Crippen molar-refractivity contribution in [3.63, 3.8) is 0 Å². The fraction of sp³-hybridized carbons (Fsp3) is 0.692. The van der Waals surface area contributed by atoms with E-state index >= 15 is 0 Å². The summed E-state index contributed by atoms with van der Waals surface area (Å²) in [7, 11) is 1.37. The van der Waals surface area contributed by atoms with Gasteiger partial charge in [-0.1, -0.05) is 22.9 Å². The van der Waals surface area contributed by atoms with Gasteiger partial charge in [-0.15, -0.1) is 0 Å². The quantitative estimate of drug-likeness (QED) is 0.757. The number of aromatic nitrogens is 1. The maximum Gasteiger partial charge on any atom is 0.351 e. The fourth-order valence-electron chi connectivity index (χ4n) is 2.10. The number of rotatable bonds is 6. The highest BCUT2D eigenvalue weighted by Gasteiger charge is 2.31. The van der Waals surface area contributed by atoms with Gasteiger partial charge in [-0.25, -0.2) is 9.78 Å². The summed E-state index contributed by atoms with van der Waals surface area (Å²) in [6.45, 7) is 2.09. The number of nitrogens with zero attached hydrogens (tertiary/aromatic N) is 2. The maximum atomic E-state index is 11.6. The number of hydrogen-bond donors (Lipinski definition) is 0. The molecule has 0 aromatic carbocycles. The first kappa shape index (κ1) is 13.2. The van der Waals surface area contributed by atoms with E-state index in [0.29, 0.717) is 4.88 Å². The second-order valence-corrected chi connectivity index (χ2v) is 6.74. The third-order valence-electron chi connectivity index (χ3n) is 3.57. The van der Waals surface area contributed by atoms with E-state index in [-0.39, 0.29) is 5.15 Å². The highest BCUT2D eigenvalue weighted by molar-refractivity contribution is 7.18. The lowest BCUT2D eigenvalue weighted by Gasteiger charge is -2.21. The summed E-state index contributed by atoms with van der Waals surface area (Å²) < 4.78 is 4.73. The zero-order valence-electron chi connectivity index (χ0n) is 10.9. The minimum Gasteiger partial charge on any atom is -0.465 e. The molecule has 0 N–H and O–H groups in total. The molecule has 6 heteroatoms. The van der Waals surface area contributed by atoms with Gasteiger partial charge >= 0.3 is 5.97 Å². The van der Waals surface area contributed by atoms with E-state index in [2.05, 4.69) is 9.88 Å². The number of ether oxygens (including phenoxy) is 1. The first-order chi connectivity index (χ1) is 9.17. The minimum atomic E-state index is -0.397. The molecular formula is C13H17ClN2O2S. The van der Waals surface area contributed by atoms with E-state index in [1.54, 1.807) is 0 Å². The van der Waals surface area contributed by atoms with Crippen molar-refractivity contribution in [1.29, 1.82) is 0 Å². The van der Waals surface area contributed by atoms with Crippen LogP contribution in [-0.4, -0.2) is 31.2 Å². The standard InChI is InChI=1S/C13H17ClN2O2S/c1-18-12(17)10-11(14)15-13(19-10)16(6-8-2-3-8)7-9-4-5-9/h8-9H,2-7H2,1H3. The van der Waals surface area contributed by atoms with Crippen LogP contribution in [0.4, 0.5) is 5.13 Å². The molecule has 2 aliphatic carbocycles. The van der Waals surface area contributed by atoms with Gasteiger partial charge in [0.2, 0.25) is 0 Å². The zero-order valence-corrected chi connectivity index (χ0v) is 12.5. The topological polar surface area (TPSA) is 42.4 Å². The molecule has 1 aromatic heterocycles. The van der Waals surface area contributed by atoms with Crippen molar-refractivity contribution in [2.45, 2.75) is 25.7 Å². The summed E-state index contributed by atoms with van der Waals surface area (Å²) in [5, 5.41) is 1.13. The number of esters is 1. The van der Waals surface area contributed by atoms with Crippen molar-refractivity contribution in [1.82, 2.24) is 4.98 Å². The van der Waals surface area contributed by atoms with Gasteiger partial charge in [0, 0.05) is 13.1 Å². The monoisotopic (exact) mass is 300 g/mol. The Bertz CT molecular complexity index is 469. The van der Waals surface area contributed by atoms with Crippen molar-refractivity contribution >= 4 is 34.0 Å². The van der Waals surface area contributed by atoms with Crippen molar-refractivity contribution in [3.8, 4) is 0 Å².